The van der Waals surface area contributed by atoms with Crippen LogP contribution in [-0.4, -0.2) is 48.3 Å². The fourth-order valence-electron chi connectivity index (χ4n) is 4.99. The van der Waals surface area contributed by atoms with E-state index in [0.717, 1.165) is 41.2 Å². The molecule has 5 rings (SSSR count). The van der Waals surface area contributed by atoms with E-state index in [4.69, 9.17) is 9.47 Å². The third kappa shape index (κ3) is 4.80. The van der Waals surface area contributed by atoms with Crippen LogP contribution in [0.15, 0.2) is 67.1 Å². The van der Waals surface area contributed by atoms with Gasteiger partial charge in [0.15, 0.2) is 0 Å². The van der Waals surface area contributed by atoms with Crippen LogP contribution in [0.3, 0.4) is 0 Å². The third-order valence-electron chi connectivity index (χ3n) is 6.88. The molecule has 0 spiro atoms. The summed E-state index contributed by atoms with van der Waals surface area (Å²) >= 11 is 0. The zero-order valence-corrected chi connectivity index (χ0v) is 20.2. The minimum Gasteiger partial charge on any atom is -0.497 e. The molecule has 1 aliphatic rings. The molecule has 5 nitrogen and oxygen atoms in total. The van der Waals surface area contributed by atoms with Gasteiger partial charge in [0, 0.05) is 52.7 Å². The van der Waals surface area contributed by atoms with Crippen LogP contribution >= 0.6 is 0 Å². The molecule has 5 heteroatoms. The molecule has 0 radical (unpaired) electrons. The molecule has 0 atom stereocenters. The molecule has 176 valence electrons. The van der Waals surface area contributed by atoms with Gasteiger partial charge in [-0.25, -0.2) is 0 Å². The summed E-state index contributed by atoms with van der Waals surface area (Å²) in [5.41, 5.74) is 5.76. The SMILES string of the molecule is COc1ccc(-c2cncc(-c3cn(CCCN4CCCCC4)c4ccc(OC)cc34)c2)cc1. The van der Waals surface area contributed by atoms with E-state index in [-0.39, 0.29) is 0 Å². The van der Waals surface area contributed by atoms with Crippen molar-refractivity contribution in [2.24, 2.45) is 0 Å². The van der Waals surface area contributed by atoms with Gasteiger partial charge >= 0.3 is 0 Å². The number of fused-ring (bicyclic) bond motifs is 1. The maximum Gasteiger partial charge on any atom is 0.119 e. The second kappa shape index (κ2) is 10.3. The Morgan fingerprint density at radius 3 is 2.26 bits per heavy atom. The van der Waals surface area contributed by atoms with Crippen molar-refractivity contribution in [2.75, 3.05) is 33.9 Å². The molecular weight excluding hydrogens is 422 g/mol. The molecule has 1 aliphatic heterocycles. The van der Waals surface area contributed by atoms with Gasteiger partial charge < -0.3 is 18.9 Å². The number of hydrogen-bond acceptors (Lipinski definition) is 4. The van der Waals surface area contributed by atoms with E-state index < -0.39 is 0 Å². The van der Waals surface area contributed by atoms with Crippen molar-refractivity contribution in [3.63, 3.8) is 0 Å². The number of pyridine rings is 1. The smallest absolute Gasteiger partial charge is 0.119 e. The highest BCUT2D eigenvalue weighted by Gasteiger charge is 2.14. The Bertz CT molecular complexity index is 1240. The Balaban J connectivity index is 1.46. The zero-order chi connectivity index (χ0) is 23.3. The van der Waals surface area contributed by atoms with Crippen LogP contribution in [0.4, 0.5) is 0 Å². The van der Waals surface area contributed by atoms with Crippen LogP contribution in [-0.2, 0) is 6.54 Å². The predicted octanol–water partition coefficient (Wildman–Crippen LogP) is 6.26. The first-order valence-corrected chi connectivity index (χ1v) is 12.2. The van der Waals surface area contributed by atoms with Crippen LogP contribution < -0.4 is 9.47 Å². The van der Waals surface area contributed by atoms with Gasteiger partial charge in [0.25, 0.3) is 0 Å². The molecule has 0 unspecified atom stereocenters. The number of piperidine rings is 1. The summed E-state index contributed by atoms with van der Waals surface area (Å²) < 4.78 is 13.3. The Hall–Kier alpha value is -3.31. The summed E-state index contributed by atoms with van der Waals surface area (Å²) in [6.07, 6.45) is 11.4. The number of methoxy groups -OCH3 is 2. The lowest BCUT2D eigenvalue weighted by molar-refractivity contribution is 0.223. The van der Waals surface area contributed by atoms with Crippen molar-refractivity contribution >= 4 is 10.9 Å². The minimum absolute atomic E-state index is 0.854. The Morgan fingerprint density at radius 1 is 0.765 bits per heavy atom. The second-order valence-corrected chi connectivity index (χ2v) is 9.07. The summed E-state index contributed by atoms with van der Waals surface area (Å²) in [4.78, 5) is 7.20. The first kappa shape index (κ1) is 22.5. The maximum absolute atomic E-state index is 5.55. The van der Waals surface area contributed by atoms with E-state index in [1.54, 1.807) is 14.2 Å². The molecule has 0 N–H and O–H groups in total. The number of benzene rings is 2. The molecular formula is C29H33N3O2. The standard InChI is InChI=1S/C29H33N3O2/c1-33-25-9-7-22(8-10-25)23-17-24(20-30-19-23)28-21-32(16-6-15-31-13-4-3-5-14-31)29-12-11-26(34-2)18-27(28)29/h7-12,17-21H,3-6,13-16H2,1-2H3. The van der Waals surface area contributed by atoms with E-state index in [2.05, 4.69) is 57.0 Å². The molecule has 0 amide bonds. The van der Waals surface area contributed by atoms with Crippen molar-refractivity contribution in [3.8, 4) is 33.8 Å². The molecule has 1 saturated heterocycles. The van der Waals surface area contributed by atoms with Gasteiger partial charge in [0.1, 0.15) is 11.5 Å². The van der Waals surface area contributed by atoms with Crippen molar-refractivity contribution in [1.29, 1.82) is 0 Å². The van der Waals surface area contributed by atoms with E-state index in [1.165, 1.54) is 55.4 Å². The summed E-state index contributed by atoms with van der Waals surface area (Å²) in [5, 5.41) is 1.20. The van der Waals surface area contributed by atoms with E-state index in [0.29, 0.717) is 0 Å². The van der Waals surface area contributed by atoms with Crippen LogP contribution in [0.5, 0.6) is 11.5 Å². The van der Waals surface area contributed by atoms with Crippen LogP contribution in [0, 0.1) is 0 Å². The number of aryl methyl sites for hydroxylation is 1. The number of likely N-dealkylation sites (tertiary alicyclic amines) is 1. The lowest BCUT2D eigenvalue weighted by Crippen LogP contribution is -2.31. The van der Waals surface area contributed by atoms with E-state index >= 15 is 0 Å². The lowest BCUT2D eigenvalue weighted by atomic mass is 10.0. The molecule has 2 aromatic carbocycles. The van der Waals surface area contributed by atoms with Gasteiger partial charge in [0.2, 0.25) is 0 Å². The third-order valence-corrected chi connectivity index (χ3v) is 6.88. The number of ether oxygens (including phenoxy) is 2. The Kier molecular flexibility index (Phi) is 6.82. The zero-order valence-electron chi connectivity index (χ0n) is 20.2. The molecule has 0 bridgehead atoms. The number of hydrogen-bond donors (Lipinski definition) is 0. The average Bonchev–Trinajstić information content (AvgIpc) is 3.27. The average molecular weight is 456 g/mol. The van der Waals surface area contributed by atoms with Crippen molar-refractivity contribution in [2.45, 2.75) is 32.2 Å². The summed E-state index contributed by atoms with van der Waals surface area (Å²) in [7, 11) is 3.41. The highest BCUT2D eigenvalue weighted by Crippen LogP contribution is 2.35. The first-order chi connectivity index (χ1) is 16.7. The molecule has 4 aromatic rings. The van der Waals surface area contributed by atoms with Crippen molar-refractivity contribution in [3.05, 3.63) is 67.1 Å². The largest absolute Gasteiger partial charge is 0.497 e. The van der Waals surface area contributed by atoms with Gasteiger partial charge in [-0.3, -0.25) is 4.98 Å². The molecule has 0 aliphatic carbocycles. The topological polar surface area (TPSA) is 39.5 Å². The fourth-order valence-corrected chi connectivity index (χ4v) is 4.99. The monoisotopic (exact) mass is 455 g/mol. The van der Waals surface area contributed by atoms with Gasteiger partial charge in [-0.1, -0.05) is 18.6 Å². The summed E-state index contributed by atoms with van der Waals surface area (Å²) in [5.74, 6) is 1.73. The molecule has 0 saturated carbocycles. The van der Waals surface area contributed by atoms with E-state index in [1.807, 2.05) is 24.5 Å². The van der Waals surface area contributed by atoms with Crippen LogP contribution in [0.2, 0.25) is 0 Å². The number of nitrogens with zero attached hydrogens (tertiary/aromatic N) is 3. The fraction of sp³-hybridized carbons (Fsp3) is 0.345. The minimum atomic E-state index is 0.854. The lowest BCUT2D eigenvalue weighted by Gasteiger charge is -2.26. The van der Waals surface area contributed by atoms with Gasteiger partial charge in [-0.05, 0) is 80.9 Å². The van der Waals surface area contributed by atoms with Crippen LogP contribution in [0.1, 0.15) is 25.7 Å². The summed E-state index contributed by atoms with van der Waals surface area (Å²) in [6, 6.07) is 16.7. The molecule has 34 heavy (non-hydrogen) atoms. The van der Waals surface area contributed by atoms with E-state index in [9.17, 15) is 0 Å². The number of rotatable bonds is 8. The summed E-state index contributed by atoms with van der Waals surface area (Å²) in [6.45, 7) is 4.67. The predicted molar refractivity (Wildman–Crippen MR) is 139 cm³/mol. The highest BCUT2D eigenvalue weighted by molar-refractivity contribution is 5.97. The Labute approximate surface area is 201 Å². The maximum atomic E-state index is 5.55. The highest BCUT2D eigenvalue weighted by atomic mass is 16.5. The normalized spacial score (nSPS) is 14.4. The van der Waals surface area contributed by atoms with Crippen LogP contribution in [0.25, 0.3) is 33.2 Å². The van der Waals surface area contributed by atoms with Gasteiger partial charge in [-0.15, -0.1) is 0 Å². The molecule has 2 aromatic heterocycles. The quantitative estimate of drug-likeness (QED) is 0.314. The van der Waals surface area contributed by atoms with Gasteiger partial charge in [-0.2, -0.15) is 0 Å². The molecule has 3 heterocycles. The second-order valence-electron chi connectivity index (χ2n) is 9.07. The first-order valence-electron chi connectivity index (χ1n) is 12.2. The van der Waals surface area contributed by atoms with Crippen molar-refractivity contribution < 1.29 is 9.47 Å². The molecule has 1 fully saturated rings. The van der Waals surface area contributed by atoms with Crippen molar-refractivity contribution in [1.82, 2.24) is 14.5 Å². The Morgan fingerprint density at radius 2 is 1.50 bits per heavy atom. The number of aromatic nitrogens is 2. The van der Waals surface area contributed by atoms with Gasteiger partial charge in [0.05, 0.1) is 14.2 Å².